The van der Waals surface area contributed by atoms with E-state index in [4.69, 9.17) is 9.47 Å². The van der Waals surface area contributed by atoms with Gasteiger partial charge in [0.15, 0.2) is 11.5 Å². The lowest BCUT2D eigenvalue weighted by atomic mass is 10.1. The minimum Gasteiger partial charge on any atom is -0.493 e. The highest BCUT2D eigenvalue weighted by Gasteiger charge is 2.17. The Morgan fingerprint density at radius 1 is 1.15 bits per heavy atom. The Morgan fingerprint density at radius 3 is 2.27 bits per heavy atom. The van der Waals surface area contributed by atoms with Gasteiger partial charge in [-0.2, -0.15) is 0 Å². The molecule has 0 aliphatic carbocycles. The molecule has 26 heavy (non-hydrogen) atoms. The molecule has 1 N–H and O–H groups in total. The molecule has 2 rings (SSSR count). The number of carbonyl (C=O) groups is 1. The molecule has 138 valence electrons. The van der Waals surface area contributed by atoms with Gasteiger partial charge in [0.05, 0.1) is 24.4 Å². The molecule has 0 heterocycles. The molecule has 0 saturated heterocycles. The molecule has 1 amide bonds. The van der Waals surface area contributed by atoms with Crippen LogP contribution in [0.15, 0.2) is 41.3 Å². The maximum Gasteiger partial charge on any atom is 0.269 e. The van der Waals surface area contributed by atoms with Crippen molar-refractivity contribution in [3.05, 3.63) is 52.1 Å². The van der Waals surface area contributed by atoms with E-state index in [1.54, 1.807) is 38.3 Å². The van der Waals surface area contributed by atoms with Crippen molar-refractivity contribution < 1.29 is 19.2 Å². The molecular formula is C18H20N2O5S. The van der Waals surface area contributed by atoms with Crippen LogP contribution in [0.3, 0.4) is 0 Å². The van der Waals surface area contributed by atoms with Crippen LogP contribution in [0.25, 0.3) is 0 Å². The highest BCUT2D eigenvalue weighted by molar-refractivity contribution is 8.00. The number of methoxy groups -OCH3 is 2. The second-order valence-electron chi connectivity index (χ2n) is 5.52. The summed E-state index contributed by atoms with van der Waals surface area (Å²) in [6.07, 6.45) is 0. The molecule has 0 fully saturated rings. The van der Waals surface area contributed by atoms with Gasteiger partial charge in [-0.15, -0.1) is 11.8 Å². The van der Waals surface area contributed by atoms with Crippen LogP contribution in [0.4, 0.5) is 11.4 Å². The molecule has 2 aromatic rings. The Bertz CT molecular complexity index is 808. The zero-order chi connectivity index (χ0) is 19.3. The molecule has 2 aromatic carbocycles. The molecule has 0 aliphatic rings. The van der Waals surface area contributed by atoms with Crippen LogP contribution in [0.2, 0.25) is 0 Å². The lowest BCUT2D eigenvalue weighted by Gasteiger charge is -2.16. The number of ether oxygens (including phenoxy) is 2. The average molecular weight is 376 g/mol. The van der Waals surface area contributed by atoms with E-state index < -0.39 is 4.92 Å². The lowest BCUT2D eigenvalue weighted by molar-refractivity contribution is -0.384. The number of nitro benzene ring substituents is 1. The van der Waals surface area contributed by atoms with Crippen molar-refractivity contribution in [2.75, 3.05) is 19.5 Å². The molecule has 1 atom stereocenters. The third-order valence-corrected chi connectivity index (χ3v) is 4.83. The van der Waals surface area contributed by atoms with E-state index in [1.807, 2.05) is 6.92 Å². The van der Waals surface area contributed by atoms with Crippen molar-refractivity contribution in [2.24, 2.45) is 0 Å². The molecule has 0 spiro atoms. The predicted molar refractivity (Wildman–Crippen MR) is 101 cm³/mol. The zero-order valence-electron chi connectivity index (χ0n) is 14.9. The van der Waals surface area contributed by atoms with Gasteiger partial charge in [-0.25, -0.2) is 0 Å². The summed E-state index contributed by atoms with van der Waals surface area (Å²) in [6.45, 7) is 3.64. The SMILES string of the molecule is COc1cc(C)c(NC(=O)C(C)Sc2ccc([N+](=O)[O-])cc2)cc1OC. The average Bonchev–Trinajstić information content (AvgIpc) is 2.63. The second-order valence-corrected chi connectivity index (χ2v) is 6.94. The maximum atomic E-state index is 12.5. The first-order valence-corrected chi connectivity index (χ1v) is 8.68. The normalized spacial score (nSPS) is 11.5. The van der Waals surface area contributed by atoms with E-state index in [-0.39, 0.29) is 16.8 Å². The molecule has 0 bridgehead atoms. The summed E-state index contributed by atoms with van der Waals surface area (Å²) < 4.78 is 10.5. The topological polar surface area (TPSA) is 90.7 Å². The summed E-state index contributed by atoms with van der Waals surface area (Å²) >= 11 is 1.32. The number of thioether (sulfide) groups is 1. The van der Waals surface area contributed by atoms with E-state index in [9.17, 15) is 14.9 Å². The highest BCUT2D eigenvalue weighted by atomic mass is 32.2. The van der Waals surface area contributed by atoms with Crippen molar-refractivity contribution in [1.29, 1.82) is 0 Å². The fraction of sp³-hybridized carbons (Fsp3) is 0.278. The van der Waals surface area contributed by atoms with Gasteiger partial charge in [-0.05, 0) is 37.6 Å². The van der Waals surface area contributed by atoms with Gasteiger partial charge in [-0.3, -0.25) is 14.9 Å². The monoisotopic (exact) mass is 376 g/mol. The van der Waals surface area contributed by atoms with E-state index in [0.717, 1.165) is 10.5 Å². The number of hydrogen-bond acceptors (Lipinski definition) is 6. The van der Waals surface area contributed by atoms with Gasteiger partial charge in [0.25, 0.3) is 5.69 Å². The standard InChI is InChI=1S/C18H20N2O5S/c1-11-9-16(24-3)17(25-4)10-15(11)19-18(21)12(2)26-14-7-5-13(6-8-14)20(22)23/h5-10,12H,1-4H3,(H,19,21). The Balaban J connectivity index is 2.08. The Kier molecular flexibility index (Phi) is 6.46. The number of hydrogen-bond donors (Lipinski definition) is 1. The number of non-ortho nitro benzene ring substituents is 1. The van der Waals surface area contributed by atoms with E-state index in [0.29, 0.717) is 17.2 Å². The summed E-state index contributed by atoms with van der Waals surface area (Å²) in [5, 5.41) is 13.2. The number of amides is 1. The molecule has 8 heteroatoms. The van der Waals surface area contributed by atoms with Crippen LogP contribution in [0, 0.1) is 17.0 Å². The van der Waals surface area contributed by atoms with Crippen LogP contribution in [-0.4, -0.2) is 30.3 Å². The Morgan fingerprint density at radius 2 is 1.73 bits per heavy atom. The molecule has 0 radical (unpaired) electrons. The van der Waals surface area contributed by atoms with Crippen LogP contribution < -0.4 is 14.8 Å². The van der Waals surface area contributed by atoms with Crippen LogP contribution in [0.1, 0.15) is 12.5 Å². The van der Waals surface area contributed by atoms with Gasteiger partial charge in [-0.1, -0.05) is 0 Å². The molecule has 7 nitrogen and oxygen atoms in total. The highest BCUT2D eigenvalue weighted by Crippen LogP contribution is 2.33. The van der Waals surface area contributed by atoms with Crippen LogP contribution in [-0.2, 0) is 4.79 Å². The number of nitro groups is 1. The molecular weight excluding hydrogens is 356 g/mol. The minimum absolute atomic E-state index is 0.0207. The smallest absolute Gasteiger partial charge is 0.269 e. The Labute approximate surface area is 155 Å². The van der Waals surface area contributed by atoms with Gasteiger partial charge in [0.2, 0.25) is 5.91 Å². The summed E-state index contributed by atoms with van der Waals surface area (Å²) in [7, 11) is 3.09. The van der Waals surface area contributed by atoms with E-state index in [2.05, 4.69) is 5.32 Å². The lowest BCUT2D eigenvalue weighted by Crippen LogP contribution is -2.22. The Hall–Kier alpha value is -2.74. The third-order valence-electron chi connectivity index (χ3n) is 3.72. The van der Waals surface area contributed by atoms with Gasteiger partial charge in [0.1, 0.15) is 0 Å². The minimum atomic E-state index is -0.454. The quantitative estimate of drug-likeness (QED) is 0.445. The molecule has 0 aliphatic heterocycles. The van der Waals surface area contributed by atoms with Gasteiger partial charge < -0.3 is 14.8 Å². The largest absolute Gasteiger partial charge is 0.493 e. The van der Waals surface area contributed by atoms with Crippen molar-refractivity contribution >= 4 is 29.0 Å². The number of nitrogens with zero attached hydrogens (tertiary/aromatic N) is 1. The first-order chi connectivity index (χ1) is 12.3. The summed E-state index contributed by atoms with van der Waals surface area (Å²) in [5.74, 6) is 0.948. The molecule has 1 unspecified atom stereocenters. The number of carbonyl (C=O) groups excluding carboxylic acids is 1. The number of aryl methyl sites for hydroxylation is 1. The van der Waals surface area contributed by atoms with Gasteiger partial charge in [0, 0.05) is 28.8 Å². The van der Waals surface area contributed by atoms with E-state index in [1.165, 1.54) is 31.0 Å². The van der Waals surface area contributed by atoms with Crippen LogP contribution >= 0.6 is 11.8 Å². The zero-order valence-corrected chi connectivity index (χ0v) is 15.8. The summed E-state index contributed by atoms with van der Waals surface area (Å²) in [6, 6.07) is 9.62. The maximum absolute atomic E-state index is 12.5. The van der Waals surface area contributed by atoms with Gasteiger partial charge >= 0.3 is 0 Å². The van der Waals surface area contributed by atoms with E-state index >= 15 is 0 Å². The van der Waals surface area contributed by atoms with Crippen molar-refractivity contribution in [3.8, 4) is 11.5 Å². The third kappa shape index (κ3) is 4.66. The first-order valence-electron chi connectivity index (χ1n) is 7.80. The predicted octanol–water partition coefficient (Wildman–Crippen LogP) is 4.04. The summed E-state index contributed by atoms with van der Waals surface area (Å²) in [4.78, 5) is 23.5. The number of anilines is 1. The number of nitrogens with one attached hydrogen (secondary N) is 1. The van der Waals surface area contributed by atoms with Crippen molar-refractivity contribution in [3.63, 3.8) is 0 Å². The number of rotatable bonds is 7. The fourth-order valence-corrected chi connectivity index (χ4v) is 3.12. The fourth-order valence-electron chi connectivity index (χ4n) is 2.25. The van der Waals surface area contributed by atoms with Crippen molar-refractivity contribution in [2.45, 2.75) is 24.0 Å². The molecule has 0 aromatic heterocycles. The first kappa shape index (κ1) is 19.6. The van der Waals surface area contributed by atoms with Crippen molar-refractivity contribution in [1.82, 2.24) is 0 Å². The molecule has 0 saturated carbocycles. The summed E-state index contributed by atoms with van der Waals surface area (Å²) in [5.41, 5.74) is 1.51. The second kappa shape index (κ2) is 8.57. The number of benzene rings is 2. The van der Waals surface area contributed by atoms with Crippen LogP contribution in [0.5, 0.6) is 11.5 Å².